The Morgan fingerprint density at radius 1 is 1.21 bits per heavy atom. The Hall–Kier alpha value is -1.35. The predicted molar refractivity (Wildman–Crippen MR) is 78.6 cm³/mol. The number of nitrogens with two attached hydrogens (primary N) is 1. The summed E-state index contributed by atoms with van der Waals surface area (Å²) >= 11 is 0. The van der Waals surface area contributed by atoms with E-state index in [1.54, 1.807) is 6.07 Å². The van der Waals surface area contributed by atoms with Crippen LogP contribution in [0.4, 0.5) is 4.39 Å². The van der Waals surface area contributed by atoms with Gasteiger partial charge in [-0.2, -0.15) is 0 Å². The summed E-state index contributed by atoms with van der Waals surface area (Å²) in [6.07, 6.45) is 5.36. The fourth-order valence-electron chi connectivity index (χ4n) is 2.37. The Morgan fingerprint density at radius 2 is 2.00 bits per heavy atom. The molecule has 0 amide bonds. The molecule has 0 aliphatic heterocycles. The van der Waals surface area contributed by atoms with Gasteiger partial charge in [-0.25, -0.2) is 4.39 Å². The van der Waals surface area contributed by atoms with Crippen molar-refractivity contribution in [3.63, 3.8) is 0 Å². The first-order chi connectivity index (χ1) is 9.03. The largest absolute Gasteiger partial charge is 0.347 e. The first-order valence-corrected chi connectivity index (χ1v) is 6.97. The van der Waals surface area contributed by atoms with Crippen molar-refractivity contribution in [2.45, 2.75) is 39.7 Å². The maximum Gasteiger partial charge on any atom is 0.132 e. The van der Waals surface area contributed by atoms with E-state index in [0.717, 1.165) is 37.9 Å². The van der Waals surface area contributed by atoms with Crippen LogP contribution >= 0.6 is 0 Å². The lowest BCUT2D eigenvalue weighted by molar-refractivity contribution is 0.329. The second kappa shape index (κ2) is 5.74. The Kier molecular flexibility index (Phi) is 4.25. The van der Waals surface area contributed by atoms with Crippen molar-refractivity contribution in [1.82, 2.24) is 4.57 Å². The first kappa shape index (κ1) is 14.1. The standard InChI is InChI=1S/C16H23FN2/c1-16(2,12-18)9-3-4-10-19-11-8-13-14(17)6-5-7-15(13)19/h5-8,11H,3-4,9-10,12,18H2,1-2H3. The molecule has 0 unspecified atom stereocenters. The summed E-state index contributed by atoms with van der Waals surface area (Å²) in [5.41, 5.74) is 6.94. The Balaban J connectivity index is 1.94. The number of nitrogens with zero attached hydrogens (tertiary/aromatic N) is 1. The summed E-state index contributed by atoms with van der Waals surface area (Å²) in [7, 11) is 0. The lowest BCUT2D eigenvalue weighted by atomic mass is 9.87. The van der Waals surface area contributed by atoms with E-state index in [1.165, 1.54) is 6.07 Å². The highest BCUT2D eigenvalue weighted by atomic mass is 19.1. The van der Waals surface area contributed by atoms with Gasteiger partial charge in [0.05, 0.1) is 5.52 Å². The van der Waals surface area contributed by atoms with E-state index in [-0.39, 0.29) is 11.2 Å². The minimum atomic E-state index is -0.138. The number of rotatable bonds is 6. The van der Waals surface area contributed by atoms with Crippen LogP contribution in [0.25, 0.3) is 10.9 Å². The number of fused-ring (bicyclic) bond motifs is 1. The van der Waals surface area contributed by atoms with Crippen molar-refractivity contribution < 1.29 is 4.39 Å². The van der Waals surface area contributed by atoms with E-state index in [4.69, 9.17) is 5.73 Å². The van der Waals surface area contributed by atoms with Crippen LogP contribution in [0.2, 0.25) is 0 Å². The molecule has 0 spiro atoms. The predicted octanol–water partition coefficient (Wildman–Crippen LogP) is 3.94. The second-order valence-electron chi connectivity index (χ2n) is 6.01. The van der Waals surface area contributed by atoms with Crippen molar-refractivity contribution in [3.05, 3.63) is 36.3 Å². The Morgan fingerprint density at radius 3 is 2.74 bits per heavy atom. The third-order valence-electron chi connectivity index (χ3n) is 3.82. The van der Waals surface area contributed by atoms with Gasteiger partial charge in [0.1, 0.15) is 5.82 Å². The number of aromatic nitrogens is 1. The Bertz CT molecular complexity index is 543. The summed E-state index contributed by atoms with van der Waals surface area (Å²) in [6.45, 7) is 6.07. The summed E-state index contributed by atoms with van der Waals surface area (Å²) < 4.78 is 15.7. The van der Waals surface area contributed by atoms with Crippen molar-refractivity contribution >= 4 is 10.9 Å². The fraction of sp³-hybridized carbons (Fsp3) is 0.500. The molecule has 0 saturated carbocycles. The highest BCUT2D eigenvalue weighted by Gasteiger charge is 2.14. The van der Waals surface area contributed by atoms with Crippen LogP contribution < -0.4 is 5.73 Å². The molecule has 0 bridgehead atoms. The summed E-state index contributed by atoms with van der Waals surface area (Å²) in [5.74, 6) is -0.138. The molecule has 2 aromatic rings. The van der Waals surface area contributed by atoms with Gasteiger partial charge in [-0.15, -0.1) is 0 Å². The van der Waals surface area contributed by atoms with Gasteiger partial charge in [0.25, 0.3) is 0 Å². The fourth-order valence-corrected chi connectivity index (χ4v) is 2.37. The molecule has 2 rings (SSSR count). The maximum absolute atomic E-state index is 13.6. The lowest BCUT2D eigenvalue weighted by Crippen LogP contribution is -2.23. The van der Waals surface area contributed by atoms with Gasteiger partial charge in [0, 0.05) is 18.1 Å². The zero-order valence-corrected chi connectivity index (χ0v) is 11.8. The summed E-state index contributed by atoms with van der Waals surface area (Å²) in [5, 5.41) is 0.713. The topological polar surface area (TPSA) is 30.9 Å². The molecule has 0 atom stereocenters. The molecule has 1 aromatic heterocycles. The molecule has 3 heteroatoms. The van der Waals surface area contributed by atoms with Gasteiger partial charge in [0.2, 0.25) is 0 Å². The quantitative estimate of drug-likeness (QED) is 0.785. The molecule has 0 radical (unpaired) electrons. The van der Waals surface area contributed by atoms with Crippen LogP contribution in [0.15, 0.2) is 30.5 Å². The van der Waals surface area contributed by atoms with Gasteiger partial charge in [-0.05, 0) is 43.0 Å². The van der Waals surface area contributed by atoms with E-state index >= 15 is 0 Å². The number of aryl methyl sites for hydroxylation is 1. The van der Waals surface area contributed by atoms with Gasteiger partial charge in [-0.1, -0.05) is 26.3 Å². The molecule has 2 N–H and O–H groups in total. The molecule has 1 heterocycles. The zero-order valence-electron chi connectivity index (χ0n) is 11.8. The highest BCUT2D eigenvalue weighted by molar-refractivity contribution is 5.80. The van der Waals surface area contributed by atoms with Crippen molar-refractivity contribution in [2.24, 2.45) is 11.1 Å². The van der Waals surface area contributed by atoms with Crippen molar-refractivity contribution in [3.8, 4) is 0 Å². The average molecular weight is 262 g/mol. The third kappa shape index (κ3) is 3.35. The number of unbranched alkanes of at least 4 members (excludes halogenated alkanes) is 1. The van der Waals surface area contributed by atoms with Gasteiger partial charge >= 0.3 is 0 Å². The van der Waals surface area contributed by atoms with Crippen LogP contribution in [0.1, 0.15) is 33.1 Å². The van der Waals surface area contributed by atoms with Crippen LogP contribution in [0.5, 0.6) is 0 Å². The molecule has 0 fully saturated rings. The van der Waals surface area contributed by atoms with Crippen LogP contribution in [-0.4, -0.2) is 11.1 Å². The van der Waals surface area contributed by atoms with Crippen LogP contribution in [0, 0.1) is 11.2 Å². The molecule has 1 aromatic carbocycles. The monoisotopic (exact) mass is 262 g/mol. The number of halogens is 1. The maximum atomic E-state index is 13.6. The van der Waals surface area contributed by atoms with E-state index in [1.807, 2.05) is 18.3 Å². The number of hydrogen-bond donors (Lipinski definition) is 1. The van der Waals surface area contributed by atoms with E-state index in [9.17, 15) is 4.39 Å². The number of hydrogen-bond acceptors (Lipinski definition) is 1. The first-order valence-electron chi connectivity index (χ1n) is 6.97. The van der Waals surface area contributed by atoms with Gasteiger partial charge < -0.3 is 10.3 Å². The van der Waals surface area contributed by atoms with Gasteiger partial charge in [0.15, 0.2) is 0 Å². The molecule has 0 aliphatic carbocycles. The summed E-state index contributed by atoms with van der Waals surface area (Å²) in [6, 6.07) is 7.11. The number of benzene rings is 1. The third-order valence-corrected chi connectivity index (χ3v) is 3.82. The molecule has 0 aliphatic rings. The minimum absolute atomic E-state index is 0.138. The molecule has 2 nitrogen and oxygen atoms in total. The average Bonchev–Trinajstić information content (AvgIpc) is 2.80. The smallest absolute Gasteiger partial charge is 0.132 e. The minimum Gasteiger partial charge on any atom is -0.347 e. The molecule has 19 heavy (non-hydrogen) atoms. The van der Waals surface area contributed by atoms with Crippen molar-refractivity contribution in [1.29, 1.82) is 0 Å². The Labute approximate surface area is 114 Å². The normalized spacial score (nSPS) is 12.2. The molecular weight excluding hydrogens is 239 g/mol. The van der Waals surface area contributed by atoms with E-state index in [2.05, 4.69) is 18.4 Å². The van der Waals surface area contributed by atoms with Crippen LogP contribution in [0.3, 0.4) is 0 Å². The highest BCUT2D eigenvalue weighted by Crippen LogP contribution is 2.23. The second-order valence-corrected chi connectivity index (χ2v) is 6.01. The SMILES string of the molecule is CC(C)(CN)CCCCn1ccc2c(F)cccc21. The lowest BCUT2D eigenvalue weighted by Gasteiger charge is -2.21. The van der Waals surface area contributed by atoms with Crippen LogP contribution in [-0.2, 0) is 6.54 Å². The molecular formula is C16H23FN2. The molecule has 104 valence electrons. The van der Waals surface area contributed by atoms with E-state index in [0.29, 0.717) is 5.39 Å². The van der Waals surface area contributed by atoms with Gasteiger partial charge in [-0.3, -0.25) is 0 Å². The zero-order chi connectivity index (χ0) is 13.9. The van der Waals surface area contributed by atoms with Crippen molar-refractivity contribution in [2.75, 3.05) is 6.54 Å². The molecule has 0 saturated heterocycles. The summed E-state index contributed by atoms with van der Waals surface area (Å²) in [4.78, 5) is 0. The van der Waals surface area contributed by atoms with E-state index < -0.39 is 0 Å².